The van der Waals surface area contributed by atoms with Gasteiger partial charge in [0.15, 0.2) is 0 Å². The van der Waals surface area contributed by atoms with E-state index in [0.29, 0.717) is 12.0 Å². The SMILES string of the molecule is CCc1cc(C)c(C)cc1OC(=O)C(F)(F)F. The maximum atomic E-state index is 12.1. The van der Waals surface area contributed by atoms with Crippen molar-refractivity contribution in [2.75, 3.05) is 0 Å². The van der Waals surface area contributed by atoms with Gasteiger partial charge in [-0.1, -0.05) is 13.0 Å². The molecule has 1 aromatic rings. The lowest BCUT2D eigenvalue weighted by Gasteiger charge is -2.12. The number of rotatable bonds is 2. The Kier molecular flexibility index (Phi) is 3.80. The molecule has 1 rings (SSSR count). The fourth-order valence-corrected chi connectivity index (χ4v) is 1.38. The number of halogens is 3. The molecule has 0 bridgehead atoms. The Balaban J connectivity index is 3.06. The van der Waals surface area contributed by atoms with Crippen LogP contribution in [0.2, 0.25) is 0 Å². The number of carbonyl (C=O) groups excluding carboxylic acids is 1. The highest BCUT2D eigenvalue weighted by Crippen LogP contribution is 2.26. The molecule has 0 aliphatic rings. The lowest BCUT2D eigenvalue weighted by atomic mass is 10.0. The topological polar surface area (TPSA) is 26.3 Å². The van der Waals surface area contributed by atoms with Crippen LogP contribution in [-0.2, 0) is 11.2 Å². The van der Waals surface area contributed by atoms with E-state index in [4.69, 9.17) is 0 Å². The van der Waals surface area contributed by atoms with Crippen molar-refractivity contribution in [3.05, 3.63) is 28.8 Å². The van der Waals surface area contributed by atoms with E-state index in [-0.39, 0.29) is 5.75 Å². The first kappa shape index (κ1) is 13.5. The van der Waals surface area contributed by atoms with Gasteiger partial charge in [0.1, 0.15) is 5.75 Å². The Labute approximate surface area is 97.4 Å². The zero-order chi connectivity index (χ0) is 13.2. The summed E-state index contributed by atoms with van der Waals surface area (Å²) < 4.78 is 40.6. The molecule has 2 nitrogen and oxygen atoms in total. The molecule has 0 aromatic heterocycles. The molecule has 0 unspecified atom stereocenters. The van der Waals surface area contributed by atoms with Gasteiger partial charge in [0.2, 0.25) is 0 Å². The van der Waals surface area contributed by atoms with Crippen molar-refractivity contribution < 1.29 is 22.7 Å². The molecule has 5 heteroatoms. The molecule has 0 N–H and O–H groups in total. The number of hydrogen-bond donors (Lipinski definition) is 0. The lowest BCUT2D eigenvalue weighted by Crippen LogP contribution is -2.28. The Hall–Kier alpha value is -1.52. The van der Waals surface area contributed by atoms with Gasteiger partial charge in [0, 0.05) is 0 Å². The Bertz CT molecular complexity index is 436. The summed E-state index contributed by atoms with van der Waals surface area (Å²) in [7, 11) is 0. The molecule has 0 aliphatic heterocycles. The highest BCUT2D eigenvalue weighted by Gasteiger charge is 2.41. The first-order valence-corrected chi connectivity index (χ1v) is 5.14. The van der Waals surface area contributed by atoms with Crippen molar-refractivity contribution in [1.29, 1.82) is 0 Å². The molecule has 0 amide bonds. The third kappa shape index (κ3) is 3.22. The Morgan fingerprint density at radius 1 is 1.24 bits per heavy atom. The van der Waals surface area contributed by atoms with Gasteiger partial charge in [0.05, 0.1) is 0 Å². The van der Waals surface area contributed by atoms with Crippen molar-refractivity contribution in [3.63, 3.8) is 0 Å². The molecule has 0 heterocycles. The summed E-state index contributed by atoms with van der Waals surface area (Å²) in [6.45, 7) is 5.39. The molecule has 0 spiro atoms. The summed E-state index contributed by atoms with van der Waals surface area (Å²) in [6.07, 6.45) is -4.47. The molecule has 0 saturated heterocycles. The van der Waals surface area contributed by atoms with E-state index >= 15 is 0 Å². The monoisotopic (exact) mass is 246 g/mol. The van der Waals surface area contributed by atoms with Gasteiger partial charge < -0.3 is 4.74 Å². The van der Waals surface area contributed by atoms with Crippen LogP contribution in [0.1, 0.15) is 23.6 Å². The minimum Gasteiger partial charge on any atom is -0.420 e. The van der Waals surface area contributed by atoms with Gasteiger partial charge >= 0.3 is 12.1 Å². The Morgan fingerprint density at radius 2 is 1.76 bits per heavy atom. The lowest BCUT2D eigenvalue weighted by molar-refractivity contribution is -0.189. The highest BCUT2D eigenvalue weighted by atomic mass is 19.4. The molecule has 0 saturated carbocycles. The molecule has 0 fully saturated rings. The zero-order valence-electron chi connectivity index (χ0n) is 9.81. The fraction of sp³-hybridized carbons (Fsp3) is 0.417. The van der Waals surface area contributed by atoms with Gasteiger partial charge in [-0.05, 0) is 43.0 Å². The van der Waals surface area contributed by atoms with Crippen LogP contribution in [0.3, 0.4) is 0 Å². The fourth-order valence-electron chi connectivity index (χ4n) is 1.38. The normalized spacial score (nSPS) is 11.4. The van der Waals surface area contributed by atoms with Gasteiger partial charge in [-0.25, -0.2) is 4.79 Å². The second-order valence-electron chi connectivity index (χ2n) is 3.79. The van der Waals surface area contributed by atoms with Crippen molar-refractivity contribution >= 4 is 5.97 Å². The third-order valence-corrected chi connectivity index (χ3v) is 2.49. The zero-order valence-corrected chi connectivity index (χ0v) is 9.81. The number of benzene rings is 1. The van der Waals surface area contributed by atoms with Crippen LogP contribution >= 0.6 is 0 Å². The minimum absolute atomic E-state index is 0.0158. The second-order valence-corrected chi connectivity index (χ2v) is 3.79. The third-order valence-electron chi connectivity index (χ3n) is 2.49. The van der Waals surface area contributed by atoms with E-state index in [1.807, 2.05) is 6.92 Å². The minimum atomic E-state index is -4.97. The molecule has 0 atom stereocenters. The average Bonchev–Trinajstić information content (AvgIpc) is 2.21. The molecule has 94 valence electrons. The standard InChI is InChI=1S/C12H13F3O2/c1-4-9-5-7(2)8(3)6-10(9)17-11(16)12(13,14)15/h5-6H,4H2,1-3H3. The van der Waals surface area contributed by atoms with Crippen LogP contribution in [0.25, 0.3) is 0 Å². The van der Waals surface area contributed by atoms with E-state index in [2.05, 4.69) is 4.74 Å². The number of esters is 1. The van der Waals surface area contributed by atoms with E-state index in [0.717, 1.165) is 11.1 Å². The van der Waals surface area contributed by atoms with Crippen LogP contribution in [-0.4, -0.2) is 12.1 Å². The molecule has 1 aromatic carbocycles. The smallest absolute Gasteiger partial charge is 0.420 e. The van der Waals surface area contributed by atoms with E-state index in [1.165, 1.54) is 6.07 Å². The van der Waals surface area contributed by atoms with Crippen molar-refractivity contribution in [2.45, 2.75) is 33.4 Å². The van der Waals surface area contributed by atoms with E-state index < -0.39 is 12.1 Å². The predicted molar refractivity (Wildman–Crippen MR) is 57.0 cm³/mol. The summed E-state index contributed by atoms with van der Waals surface area (Å²) in [5.41, 5.74) is 2.33. The van der Waals surface area contributed by atoms with Gasteiger partial charge in [-0.3, -0.25) is 0 Å². The Morgan fingerprint density at radius 3 is 2.24 bits per heavy atom. The van der Waals surface area contributed by atoms with Crippen molar-refractivity contribution in [1.82, 2.24) is 0 Å². The van der Waals surface area contributed by atoms with Crippen molar-refractivity contribution in [2.24, 2.45) is 0 Å². The summed E-state index contributed by atoms with van der Waals surface area (Å²) in [4.78, 5) is 10.8. The molecular weight excluding hydrogens is 233 g/mol. The summed E-state index contributed by atoms with van der Waals surface area (Å²) in [5, 5.41) is 0. The summed E-state index contributed by atoms with van der Waals surface area (Å²) in [6, 6.07) is 3.19. The van der Waals surface area contributed by atoms with Crippen LogP contribution < -0.4 is 4.74 Å². The molecular formula is C12H13F3O2. The largest absolute Gasteiger partial charge is 0.491 e. The number of hydrogen-bond acceptors (Lipinski definition) is 2. The maximum absolute atomic E-state index is 12.1. The highest BCUT2D eigenvalue weighted by molar-refractivity contribution is 5.78. The van der Waals surface area contributed by atoms with Gasteiger partial charge in [-0.2, -0.15) is 13.2 Å². The van der Waals surface area contributed by atoms with Crippen LogP contribution in [0.4, 0.5) is 13.2 Å². The molecule has 0 aliphatic carbocycles. The van der Waals surface area contributed by atoms with Crippen LogP contribution in [0.5, 0.6) is 5.75 Å². The number of alkyl halides is 3. The van der Waals surface area contributed by atoms with Gasteiger partial charge in [-0.15, -0.1) is 0 Å². The first-order chi connectivity index (χ1) is 7.75. The molecule has 17 heavy (non-hydrogen) atoms. The van der Waals surface area contributed by atoms with Gasteiger partial charge in [0.25, 0.3) is 0 Å². The van der Waals surface area contributed by atoms with Crippen LogP contribution in [0, 0.1) is 13.8 Å². The maximum Gasteiger partial charge on any atom is 0.491 e. The second kappa shape index (κ2) is 4.77. The number of aryl methyl sites for hydroxylation is 3. The quantitative estimate of drug-likeness (QED) is 0.591. The summed E-state index contributed by atoms with van der Waals surface area (Å²) in [5.74, 6) is -2.20. The summed E-state index contributed by atoms with van der Waals surface area (Å²) >= 11 is 0. The average molecular weight is 246 g/mol. The van der Waals surface area contributed by atoms with Crippen molar-refractivity contribution in [3.8, 4) is 5.75 Å². The number of ether oxygens (including phenoxy) is 1. The van der Waals surface area contributed by atoms with E-state index in [9.17, 15) is 18.0 Å². The van der Waals surface area contributed by atoms with E-state index in [1.54, 1.807) is 19.9 Å². The predicted octanol–water partition coefficient (Wildman–Crippen LogP) is 3.33. The molecule has 0 radical (unpaired) electrons. The number of carbonyl (C=O) groups is 1. The first-order valence-electron chi connectivity index (χ1n) is 5.14. The van der Waals surface area contributed by atoms with Crippen LogP contribution in [0.15, 0.2) is 12.1 Å².